The Bertz CT molecular complexity index is 781. The van der Waals surface area contributed by atoms with Crippen molar-refractivity contribution in [3.63, 3.8) is 0 Å². The Labute approximate surface area is 171 Å². The van der Waals surface area contributed by atoms with Crippen LogP contribution < -0.4 is 4.74 Å². The van der Waals surface area contributed by atoms with Crippen molar-refractivity contribution in [2.24, 2.45) is 5.41 Å². The zero-order chi connectivity index (χ0) is 20.4. The van der Waals surface area contributed by atoms with Gasteiger partial charge in [0.2, 0.25) is 11.8 Å². The van der Waals surface area contributed by atoms with Crippen LogP contribution in [0.15, 0.2) is 18.2 Å². The largest absolute Gasteiger partial charge is 0.497 e. The van der Waals surface area contributed by atoms with E-state index < -0.39 is 5.41 Å². The fraction of sp³-hybridized carbons (Fsp3) is 0.636. The fourth-order valence-electron chi connectivity index (χ4n) is 5.00. The predicted molar refractivity (Wildman–Crippen MR) is 107 cm³/mol. The maximum absolute atomic E-state index is 14.3. The number of ether oxygens (including phenoxy) is 1. The molecule has 3 heterocycles. The highest BCUT2D eigenvalue weighted by atomic mass is 19.1. The van der Waals surface area contributed by atoms with Crippen LogP contribution in [0.1, 0.15) is 37.7 Å². The average molecular weight is 403 g/mol. The average Bonchev–Trinajstić information content (AvgIpc) is 3.38. The Morgan fingerprint density at radius 1 is 1.14 bits per heavy atom. The molecule has 0 aliphatic carbocycles. The molecular formula is C22H30FN3O3. The van der Waals surface area contributed by atoms with Gasteiger partial charge in [0.25, 0.3) is 0 Å². The van der Waals surface area contributed by atoms with E-state index in [0.29, 0.717) is 43.9 Å². The Morgan fingerprint density at radius 2 is 1.93 bits per heavy atom. The number of carbonyl (C=O) groups excluding carboxylic acids is 2. The number of halogens is 1. The molecule has 1 spiro atoms. The highest BCUT2D eigenvalue weighted by Gasteiger charge is 2.49. The molecule has 1 atom stereocenters. The summed E-state index contributed by atoms with van der Waals surface area (Å²) in [7, 11) is 1.55. The van der Waals surface area contributed by atoms with Crippen LogP contribution in [0.4, 0.5) is 4.39 Å². The van der Waals surface area contributed by atoms with Gasteiger partial charge < -0.3 is 14.5 Å². The normalized spacial score (nSPS) is 25.2. The minimum Gasteiger partial charge on any atom is -0.497 e. The molecule has 1 aromatic carbocycles. The van der Waals surface area contributed by atoms with E-state index in [0.717, 1.165) is 38.8 Å². The minimum absolute atomic E-state index is 0.0578. The van der Waals surface area contributed by atoms with Crippen LogP contribution in [0, 0.1) is 11.2 Å². The number of nitrogens with zero attached hydrogens (tertiary/aromatic N) is 3. The lowest BCUT2D eigenvalue weighted by molar-refractivity contribution is -0.147. The van der Waals surface area contributed by atoms with Gasteiger partial charge in [0.05, 0.1) is 19.1 Å². The second-order valence-corrected chi connectivity index (χ2v) is 8.62. The fourth-order valence-corrected chi connectivity index (χ4v) is 5.00. The Morgan fingerprint density at radius 3 is 2.69 bits per heavy atom. The third-order valence-electron chi connectivity index (χ3n) is 6.70. The summed E-state index contributed by atoms with van der Waals surface area (Å²) in [6.07, 6.45) is 4.70. The van der Waals surface area contributed by atoms with E-state index in [-0.39, 0.29) is 24.2 Å². The highest BCUT2D eigenvalue weighted by Crippen LogP contribution is 2.40. The molecule has 0 bridgehead atoms. The zero-order valence-corrected chi connectivity index (χ0v) is 17.2. The third-order valence-corrected chi connectivity index (χ3v) is 6.70. The summed E-state index contributed by atoms with van der Waals surface area (Å²) in [5.74, 6) is 0.446. The second-order valence-electron chi connectivity index (χ2n) is 8.62. The Hall–Kier alpha value is -2.15. The van der Waals surface area contributed by atoms with Gasteiger partial charge in [-0.3, -0.25) is 14.5 Å². The SMILES string of the molecule is COc1ccc(F)c(CN2CCCC3(CCN(C(=O)CN4CCCC4)C3)C2=O)c1. The van der Waals surface area contributed by atoms with Crippen molar-refractivity contribution in [1.82, 2.24) is 14.7 Å². The zero-order valence-electron chi connectivity index (χ0n) is 17.2. The van der Waals surface area contributed by atoms with Crippen molar-refractivity contribution in [1.29, 1.82) is 0 Å². The van der Waals surface area contributed by atoms with Crippen LogP contribution in [0.2, 0.25) is 0 Å². The Balaban J connectivity index is 1.42. The van der Waals surface area contributed by atoms with E-state index in [1.165, 1.54) is 6.07 Å². The molecule has 3 saturated heterocycles. The van der Waals surface area contributed by atoms with E-state index in [4.69, 9.17) is 4.74 Å². The van der Waals surface area contributed by atoms with Gasteiger partial charge in [-0.15, -0.1) is 0 Å². The molecule has 3 aliphatic rings. The van der Waals surface area contributed by atoms with E-state index in [2.05, 4.69) is 4.90 Å². The van der Waals surface area contributed by atoms with E-state index in [1.807, 2.05) is 4.90 Å². The number of methoxy groups -OCH3 is 1. The lowest BCUT2D eigenvalue weighted by Crippen LogP contribution is -2.50. The predicted octanol–water partition coefficient (Wildman–Crippen LogP) is 2.27. The first kappa shape index (κ1) is 20.1. The number of rotatable bonds is 5. The molecule has 29 heavy (non-hydrogen) atoms. The van der Waals surface area contributed by atoms with Crippen molar-refractivity contribution in [3.8, 4) is 5.75 Å². The first-order valence-electron chi connectivity index (χ1n) is 10.6. The second kappa shape index (κ2) is 8.30. The van der Waals surface area contributed by atoms with Gasteiger partial charge in [0, 0.05) is 31.7 Å². The molecule has 0 radical (unpaired) electrons. The maximum Gasteiger partial charge on any atom is 0.236 e. The van der Waals surface area contributed by atoms with Crippen LogP contribution in [0.5, 0.6) is 5.75 Å². The van der Waals surface area contributed by atoms with Gasteiger partial charge in [-0.05, 0) is 63.4 Å². The van der Waals surface area contributed by atoms with Crippen LogP contribution >= 0.6 is 0 Å². The first-order valence-corrected chi connectivity index (χ1v) is 10.6. The maximum atomic E-state index is 14.3. The van der Waals surface area contributed by atoms with Crippen LogP contribution in [0.25, 0.3) is 0 Å². The summed E-state index contributed by atoms with van der Waals surface area (Å²) in [4.78, 5) is 31.9. The molecule has 158 valence electrons. The number of piperidine rings is 1. The topological polar surface area (TPSA) is 53.1 Å². The molecule has 3 aliphatic heterocycles. The van der Waals surface area contributed by atoms with Gasteiger partial charge in [-0.25, -0.2) is 4.39 Å². The highest BCUT2D eigenvalue weighted by molar-refractivity contribution is 5.86. The van der Waals surface area contributed by atoms with E-state index in [9.17, 15) is 14.0 Å². The summed E-state index contributed by atoms with van der Waals surface area (Å²) in [6, 6.07) is 4.62. The first-order chi connectivity index (χ1) is 14.0. The van der Waals surface area contributed by atoms with Gasteiger partial charge >= 0.3 is 0 Å². The number of hydrogen-bond donors (Lipinski definition) is 0. The molecule has 0 N–H and O–H groups in total. The molecule has 2 amide bonds. The van der Waals surface area contributed by atoms with Gasteiger partial charge in [0.1, 0.15) is 11.6 Å². The van der Waals surface area contributed by atoms with Crippen molar-refractivity contribution >= 4 is 11.8 Å². The number of hydrogen-bond acceptors (Lipinski definition) is 4. The minimum atomic E-state index is -0.506. The molecule has 4 rings (SSSR count). The van der Waals surface area contributed by atoms with Gasteiger partial charge in [0.15, 0.2) is 0 Å². The molecular weight excluding hydrogens is 373 g/mol. The molecule has 1 unspecified atom stereocenters. The summed E-state index contributed by atoms with van der Waals surface area (Å²) in [5, 5.41) is 0. The van der Waals surface area contributed by atoms with Crippen LogP contribution in [-0.4, -0.2) is 72.9 Å². The van der Waals surface area contributed by atoms with Crippen LogP contribution in [0.3, 0.4) is 0 Å². The van der Waals surface area contributed by atoms with Crippen molar-refractivity contribution in [2.45, 2.75) is 38.6 Å². The summed E-state index contributed by atoms with van der Waals surface area (Å²) < 4.78 is 19.5. The summed E-state index contributed by atoms with van der Waals surface area (Å²) in [6.45, 7) is 4.44. The third kappa shape index (κ3) is 4.10. The molecule has 1 aromatic rings. The number of likely N-dealkylation sites (tertiary alicyclic amines) is 3. The van der Waals surface area contributed by atoms with Gasteiger partial charge in [-0.1, -0.05) is 0 Å². The molecule has 6 nitrogen and oxygen atoms in total. The number of benzene rings is 1. The van der Waals surface area contributed by atoms with Crippen LogP contribution in [-0.2, 0) is 16.1 Å². The lowest BCUT2D eigenvalue weighted by atomic mass is 9.78. The van der Waals surface area contributed by atoms with Crippen molar-refractivity contribution < 1.29 is 18.7 Å². The number of carbonyl (C=O) groups is 2. The Kier molecular flexibility index (Phi) is 5.76. The smallest absolute Gasteiger partial charge is 0.236 e. The summed E-state index contributed by atoms with van der Waals surface area (Å²) >= 11 is 0. The number of amides is 2. The van der Waals surface area contributed by atoms with Gasteiger partial charge in [-0.2, -0.15) is 0 Å². The van der Waals surface area contributed by atoms with E-state index >= 15 is 0 Å². The molecule has 0 saturated carbocycles. The van der Waals surface area contributed by atoms with Crippen molar-refractivity contribution in [3.05, 3.63) is 29.6 Å². The quantitative estimate of drug-likeness (QED) is 0.757. The molecule has 3 fully saturated rings. The molecule has 0 aromatic heterocycles. The standard InChI is InChI=1S/C22H30FN3O3/c1-29-18-5-6-19(23)17(13-18)14-25-11-4-7-22(21(25)28)8-12-26(16-22)20(27)15-24-9-2-3-10-24/h5-6,13H,2-4,7-12,14-16H2,1H3. The summed E-state index contributed by atoms with van der Waals surface area (Å²) in [5.41, 5.74) is -0.0384. The van der Waals surface area contributed by atoms with E-state index in [1.54, 1.807) is 24.1 Å². The van der Waals surface area contributed by atoms with Crippen molar-refractivity contribution in [2.75, 3.05) is 46.4 Å². The lowest BCUT2D eigenvalue weighted by Gasteiger charge is -2.39. The molecule has 7 heteroatoms. The monoisotopic (exact) mass is 403 g/mol.